The molecule has 10 heteroatoms. The fourth-order valence-electron chi connectivity index (χ4n) is 4.04. The standard InChI is InChI=1S/C26H35N5O4S/c1-20-26(21(2)30(4)28-20)36(33,34)31(23-12-14-24(35-5)15-13-23)19-25(32)27-16-9-17-29(3)18-22-10-7-6-8-11-22/h6-8,10-15H,9,16-19H2,1-5H3,(H,27,32). The maximum Gasteiger partial charge on any atom is 0.268 e. The smallest absolute Gasteiger partial charge is 0.268 e. The van der Waals surface area contributed by atoms with E-state index in [2.05, 4.69) is 27.4 Å². The number of amides is 1. The predicted molar refractivity (Wildman–Crippen MR) is 141 cm³/mol. The lowest BCUT2D eigenvalue weighted by atomic mass is 10.2. The van der Waals surface area contributed by atoms with E-state index in [0.717, 1.165) is 23.8 Å². The van der Waals surface area contributed by atoms with E-state index in [1.54, 1.807) is 45.2 Å². The van der Waals surface area contributed by atoms with Gasteiger partial charge in [-0.25, -0.2) is 8.42 Å². The number of ether oxygens (including phenoxy) is 1. The van der Waals surface area contributed by atoms with Gasteiger partial charge in [0.05, 0.1) is 24.2 Å². The van der Waals surface area contributed by atoms with Gasteiger partial charge < -0.3 is 15.0 Å². The van der Waals surface area contributed by atoms with Gasteiger partial charge >= 0.3 is 0 Å². The van der Waals surface area contributed by atoms with Crippen molar-refractivity contribution in [1.29, 1.82) is 0 Å². The molecule has 0 aliphatic heterocycles. The quantitative estimate of drug-likeness (QED) is 0.374. The zero-order valence-corrected chi connectivity index (χ0v) is 22.4. The van der Waals surface area contributed by atoms with Crippen molar-refractivity contribution >= 4 is 21.6 Å². The van der Waals surface area contributed by atoms with Crippen LogP contribution >= 0.6 is 0 Å². The van der Waals surface area contributed by atoms with Gasteiger partial charge in [-0.2, -0.15) is 5.10 Å². The third-order valence-electron chi connectivity index (χ3n) is 5.97. The van der Waals surface area contributed by atoms with E-state index in [0.29, 0.717) is 29.4 Å². The summed E-state index contributed by atoms with van der Waals surface area (Å²) in [5.74, 6) is 0.216. The maximum absolute atomic E-state index is 13.7. The van der Waals surface area contributed by atoms with Gasteiger partial charge in [0.15, 0.2) is 0 Å². The minimum atomic E-state index is -4.05. The summed E-state index contributed by atoms with van der Waals surface area (Å²) >= 11 is 0. The first-order valence-electron chi connectivity index (χ1n) is 11.8. The third kappa shape index (κ3) is 6.64. The van der Waals surface area contributed by atoms with Gasteiger partial charge in [-0.05, 0) is 63.7 Å². The first-order valence-corrected chi connectivity index (χ1v) is 13.2. The van der Waals surface area contributed by atoms with Crippen LogP contribution in [0.15, 0.2) is 59.5 Å². The monoisotopic (exact) mass is 513 g/mol. The number of methoxy groups -OCH3 is 1. The Balaban J connectivity index is 1.68. The Morgan fingerprint density at radius 2 is 1.75 bits per heavy atom. The van der Waals surface area contributed by atoms with Gasteiger partial charge in [0.2, 0.25) is 5.91 Å². The molecule has 0 saturated heterocycles. The van der Waals surface area contributed by atoms with Crippen LogP contribution < -0.4 is 14.4 Å². The van der Waals surface area contributed by atoms with Crippen molar-refractivity contribution in [3.63, 3.8) is 0 Å². The van der Waals surface area contributed by atoms with Crippen molar-refractivity contribution in [1.82, 2.24) is 20.0 Å². The molecule has 1 heterocycles. The summed E-state index contributed by atoms with van der Waals surface area (Å²) in [4.78, 5) is 15.2. The van der Waals surface area contributed by atoms with Crippen molar-refractivity contribution < 1.29 is 17.9 Å². The lowest BCUT2D eigenvalue weighted by molar-refractivity contribution is -0.119. The highest BCUT2D eigenvalue weighted by Crippen LogP contribution is 2.28. The molecule has 0 radical (unpaired) electrons. The number of rotatable bonds is 12. The Kier molecular flexibility index (Phi) is 9.11. The van der Waals surface area contributed by atoms with E-state index >= 15 is 0 Å². The maximum atomic E-state index is 13.7. The van der Waals surface area contributed by atoms with Crippen molar-refractivity contribution in [3.05, 3.63) is 71.5 Å². The Morgan fingerprint density at radius 3 is 2.33 bits per heavy atom. The molecule has 9 nitrogen and oxygen atoms in total. The van der Waals surface area contributed by atoms with E-state index in [1.807, 2.05) is 25.2 Å². The summed E-state index contributed by atoms with van der Waals surface area (Å²) in [6, 6.07) is 16.8. The van der Waals surface area contributed by atoms with E-state index in [4.69, 9.17) is 4.74 Å². The van der Waals surface area contributed by atoms with Crippen molar-refractivity contribution in [2.45, 2.75) is 31.7 Å². The van der Waals surface area contributed by atoms with Gasteiger partial charge in [-0.15, -0.1) is 0 Å². The highest BCUT2D eigenvalue weighted by atomic mass is 32.2. The molecule has 3 aromatic rings. The number of carbonyl (C=O) groups is 1. The topological polar surface area (TPSA) is 96.8 Å². The molecule has 1 N–H and O–H groups in total. The molecular formula is C26H35N5O4S. The average Bonchev–Trinajstić information content (AvgIpc) is 3.12. The van der Waals surface area contributed by atoms with Gasteiger partial charge in [0.25, 0.3) is 10.0 Å². The first kappa shape index (κ1) is 27.2. The van der Waals surface area contributed by atoms with Crippen LogP contribution in [0.4, 0.5) is 5.69 Å². The predicted octanol–water partition coefficient (Wildman–Crippen LogP) is 2.88. The van der Waals surface area contributed by atoms with Gasteiger partial charge in [0.1, 0.15) is 17.2 Å². The highest BCUT2D eigenvalue weighted by Gasteiger charge is 2.32. The van der Waals surface area contributed by atoms with Crippen molar-refractivity contribution in [3.8, 4) is 5.75 Å². The van der Waals surface area contributed by atoms with Gasteiger partial charge in [-0.1, -0.05) is 30.3 Å². The molecule has 3 rings (SSSR count). The second-order valence-corrected chi connectivity index (χ2v) is 10.6. The van der Waals surface area contributed by atoms with Crippen LogP contribution in [0.1, 0.15) is 23.4 Å². The number of anilines is 1. The van der Waals surface area contributed by atoms with Crippen molar-refractivity contribution in [2.24, 2.45) is 7.05 Å². The van der Waals surface area contributed by atoms with Crippen LogP contribution in [-0.2, 0) is 28.4 Å². The minimum absolute atomic E-state index is 0.108. The fourth-order valence-corrected chi connectivity index (χ4v) is 5.86. The number of nitrogens with one attached hydrogen (secondary N) is 1. The number of carbonyl (C=O) groups excluding carboxylic acids is 1. The molecule has 194 valence electrons. The van der Waals surface area contributed by atoms with Gasteiger partial charge in [0, 0.05) is 20.1 Å². The molecule has 0 saturated carbocycles. The van der Waals surface area contributed by atoms with Crippen LogP contribution in [0.3, 0.4) is 0 Å². The molecule has 0 unspecified atom stereocenters. The number of hydrogen-bond donors (Lipinski definition) is 1. The fraction of sp³-hybridized carbons (Fsp3) is 0.385. The second kappa shape index (κ2) is 12.0. The second-order valence-electron chi connectivity index (χ2n) is 8.76. The van der Waals surface area contributed by atoms with Crippen LogP contribution in [0, 0.1) is 13.8 Å². The molecule has 2 aromatic carbocycles. The largest absolute Gasteiger partial charge is 0.497 e. The summed E-state index contributed by atoms with van der Waals surface area (Å²) in [5, 5.41) is 7.12. The minimum Gasteiger partial charge on any atom is -0.497 e. The molecule has 0 spiro atoms. The van der Waals surface area contributed by atoms with E-state index in [9.17, 15) is 13.2 Å². The number of aromatic nitrogens is 2. The zero-order chi connectivity index (χ0) is 26.3. The first-order chi connectivity index (χ1) is 17.1. The molecular weight excluding hydrogens is 478 g/mol. The summed E-state index contributed by atoms with van der Waals surface area (Å²) in [6.07, 6.45) is 0.741. The SMILES string of the molecule is COc1ccc(N(CC(=O)NCCCN(C)Cc2ccccc2)S(=O)(=O)c2c(C)nn(C)c2C)cc1. The number of nitrogens with zero attached hydrogens (tertiary/aromatic N) is 4. The molecule has 0 fully saturated rings. The van der Waals surface area contributed by atoms with Gasteiger partial charge in [-0.3, -0.25) is 13.8 Å². The van der Waals surface area contributed by atoms with Crippen molar-refractivity contribution in [2.75, 3.05) is 38.1 Å². The lowest BCUT2D eigenvalue weighted by Gasteiger charge is -2.24. The summed E-state index contributed by atoms with van der Waals surface area (Å²) in [6.45, 7) is 5.07. The van der Waals surface area contributed by atoms with Crippen LogP contribution in [0.5, 0.6) is 5.75 Å². The summed E-state index contributed by atoms with van der Waals surface area (Å²) in [5.41, 5.74) is 2.49. The lowest BCUT2D eigenvalue weighted by Crippen LogP contribution is -2.41. The van der Waals surface area contributed by atoms with Crippen LogP contribution in [0.2, 0.25) is 0 Å². The van der Waals surface area contributed by atoms with Crippen LogP contribution in [0.25, 0.3) is 0 Å². The molecule has 0 aliphatic rings. The Bertz CT molecular complexity index is 1260. The molecule has 0 aliphatic carbocycles. The third-order valence-corrected chi connectivity index (χ3v) is 8.00. The Labute approximate surface area is 213 Å². The molecule has 0 atom stereocenters. The van der Waals surface area contributed by atoms with E-state index < -0.39 is 10.0 Å². The molecule has 1 amide bonds. The summed E-state index contributed by atoms with van der Waals surface area (Å²) < 4.78 is 35.3. The normalized spacial score (nSPS) is 11.5. The molecule has 36 heavy (non-hydrogen) atoms. The average molecular weight is 514 g/mol. The zero-order valence-electron chi connectivity index (χ0n) is 21.6. The van der Waals surface area contributed by atoms with E-state index in [-0.39, 0.29) is 17.3 Å². The van der Waals surface area contributed by atoms with E-state index in [1.165, 1.54) is 17.4 Å². The number of benzene rings is 2. The Morgan fingerprint density at radius 1 is 1.08 bits per heavy atom. The summed E-state index contributed by atoms with van der Waals surface area (Å²) in [7, 11) is 1.22. The highest BCUT2D eigenvalue weighted by molar-refractivity contribution is 7.93. The number of sulfonamides is 1. The number of aryl methyl sites for hydroxylation is 2. The molecule has 0 bridgehead atoms. The van der Waals surface area contributed by atoms with Crippen LogP contribution in [-0.4, -0.2) is 62.8 Å². The molecule has 1 aromatic heterocycles. The number of hydrogen-bond acceptors (Lipinski definition) is 6. The Hall–Kier alpha value is -3.37.